The molecule has 1 aliphatic heterocycles. The summed E-state index contributed by atoms with van der Waals surface area (Å²) >= 11 is 0. The number of hydrogen-bond donors (Lipinski definition) is 1. The molecule has 5 nitrogen and oxygen atoms in total. The number of hydrogen-bond acceptors (Lipinski definition) is 4. The average Bonchev–Trinajstić information content (AvgIpc) is 2.71. The zero-order valence-electron chi connectivity index (χ0n) is 7.63. The number of methoxy groups -OCH3 is 1. The van der Waals surface area contributed by atoms with Crippen LogP contribution in [0.25, 0.3) is 0 Å². The molecule has 1 aliphatic rings. The number of ether oxygens (including phenoxy) is 1. The molecule has 1 aromatic heterocycles. The molecule has 0 unspecified atom stereocenters. The number of aromatic nitrogens is 2. The van der Waals surface area contributed by atoms with Crippen molar-refractivity contribution >= 4 is 0 Å². The van der Waals surface area contributed by atoms with Gasteiger partial charge in [0.2, 0.25) is 0 Å². The van der Waals surface area contributed by atoms with E-state index in [1.165, 1.54) is 0 Å². The predicted molar refractivity (Wildman–Crippen MR) is 47.8 cm³/mol. The van der Waals surface area contributed by atoms with Gasteiger partial charge in [-0.3, -0.25) is 10.5 Å². The van der Waals surface area contributed by atoms with Crippen LogP contribution in [0.15, 0.2) is 18.5 Å². The molecule has 72 valence electrons. The van der Waals surface area contributed by atoms with Crippen LogP contribution in [-0.2, 0) is 4.74 Å². The molecule has 2 heterocycles. The number of nitrogens with two attached hydrogens (primary N) is 1. The molecule has 1 fully saturated rings. The van der Waals surface area contributed by atoms with Gasteiger partial charge in [0.1, 0.15) is 0 Å². The van der Waals surface area contributed by atoms with Gasteiger partial charge >= 0.3 is 0 Å². The smallest absolute Gasteiger partial charge is 0.0948 e. The molecule has 0 amide bonds. The molecule has 5 heteroatoms. The van der Waals surface area contributed by atoms with E-state index in [0.29, 0.717) is 0 Å². The van der Waals surface area contributed by atoms with Crippen LogP contribution in [0.3, 0.4) is 0 Å². The first-order valence-electron chi connectivity index (χ1n) is 4.33. The Kier molecular flexibility index (Phi) is 2.30. The molecule has 0 aromatic carbocycles. The monoisotopic (exact) mass is 182 g/mol. The predicted octanol–water partition coefficient (Wildman–Crippen LogP) is -0.371. The van der Waals surface area contributed by atoms with E-state index in [9.17, 15) is 0 Å². The fourth-order valence-corrected chi connectivity index (χ4v) is 1.75. The number of hydrazine groups is 1. The van der Waals surface area contributed by atoms with Crippen molar-refractivity contribution in [2.75, 3.05) is 20.2 Å². The lowest BCUT2D eigenvalue weighted by Crippen LogP contribution is -2.29. The second kappa shape index (κ2) is 3.45. The Morgan fingerprint density at radius 2 is 2.38 bits per heavy atom. The summed E-state index contributed by atoms with van der Waals surface area (Å²) in [7, 11) is 1.71. The standard InChI is InChI=1S/C8H14N4O/c1-13-8-6-11(9)5-7(8)12-4-2-3-10-12/h2-4,7-8H,5-6,9H2,1H3/t7-,8+/m0/s1. The summed E-state index contributed by atoms with van der Waals surface area (Å²) in [6.07, 6.45) is 3.85. The third kappa shape index (κ3) is 1.58. The van der Waals surface area contributed by atoms with Crippen LogP contribution < -0.4 is 5.84 Å². The quantitative estimate of drug-likeness (QED) is 0.634. The molecule has 2 rings (SSSR count). The molecule has 0 saturated carbocycles. The lowest BCUT2D eigenvalue weighted by atomic mass is 10.2. The zero-order valence-corrected chi connectivity index (χ0v) is 7.63. The maximum atomic E-state index is 5.71. The summed E-state index contributed by atoms with van der Waals surface area (Å²) in [5.41, 5.74) is 0. The average molecular weight is 182 g/mol. The van der Waals surface area contributed by atoms with Crippen molar-refractivity contribution in [1.82, 2.24) is 14.8 Å². The molecular formula is C8H14N4O. The van der Waals surface area contributed by atoms with E-state index in [-0.39, 0.29) is 12.1 Å². The molecule has 1 aromatic rings. The summed E-state index contributed by atoms with van der Waals surface area (Å²) in [5, 5.41) is 5.95. The van der Waals surface area contributed by atoms with Crippen LogP contribution in [0.2, 0.25) is 0 Å². The van der Waals surface area contributed by atoms with E-state index in [1.54, 1.807) is 18.3 Å². The van der Waals surface area contributed by atoms with Gasteiger partial charge < -0.3 is 4.74 Å². The Hall–Kier alpha value is -0.910. The Bertz CT molecular complexity index is 261. The highest BCUT2D eigenvalue weighted by atomic mass is 16.5. The maximum Gasteiger partial charge on any atom is 0.0948 e. The van der Waals surface area contributed by atoms with E-state index in [4.69, 9.17) is 10.6 Å². The van der Waals surface area contributed by atoms with Gasteiger partial charge in [-0.2, -0.15) is 5.10 Å². The topological polar surface area (TPSA) is 56.3 Å². The minimum atomic E-state index is 0.143. The van der Waals surface area contributed by atoms with Gasteiger partial charge in [0, 0.05) is 32.6 Å². The van der Waals surface area contributed by atoms with Crippen molar-refractivity contribution in [3.63, 3.8) is 0 Å². The van der Waals surface area contributed by atoms with E-state index in [2.05, 4.69) is 5.10 Å². The van der Waals surface area contributed by atoms with Crippen molar-refractivity contribution in [3.05, 3.63) is 18.5 Å². The largest absolute Gasteiger partial charge is 0.378 e. The van der Waals surface area contributed by atoms with Crippen molar-refractivity contribution in [1.29, 1.82) is 0 Å². The third-order valence-electron chi connectivity index (χ3n) is 2.43. The summed E-state index contributed by atoms with van der Waals surface area (Å²) in [6, 6.07) is 2.15. The van der Waals surface area contributed by atoms with Gasteiger partial charge in [-0.1, -0.05) is 0 Å². The first-order valence-corrected chi connectivity index (χ1v) is 4.33. The summed E-state index contributed by atoms with van der Waals surface area (Å²) < 4.78 is 7.24. The molecule has 0 spiro atoms. The van der Waals surface area contributed by atoms with Crippen molar-refractivity contribution < 1.29 is 4.74 Å². The van der Waals surface area contributed by atoms with E-state index < -0.39 is 0 Å². The van der Waals surface area contributed by atoms with Crippen LogP contribution >= 0.6 is 0 Å². The third-order valence-corrected chi connectivity index (χ3v) is 2.43. The SMILES string of the molecule is CO[C@@H]1CN(N)C[C@@H]1n1cccn1. The molecule has 0 radical (unpaired) electrons. The molecular weight excluding hydrogens is 168 g/mol. The van der Waals surface area contributed by atoms with Crippen LogP contribution in [0.4, 0.5) is 0 Å². The van der Waals surface area contributed by atoms with Gasteiger partial charge in [-0.05, 0) is 6.07 Å². The van der Waals surface area contributed by atoms with Gasteiger partial charge in [-0.25, -0.2) is 5.01 Å². The highest BCUT2D eigenvalue weighted by Gasteiger charge is 2.32. The minimum Gasteiger partial charge on any atom is -0.378 e. The first kappa shape index (κ1) is 8.68. The van der Waals surface area contributed by atoms with Crippen molar-refractivity contribution in [3.8, 4) is 0 Å². The van der Waals surface area contributed by atoms with E-state index in [0.717, 1.165) is 13.1 Å². The highest BCUT2D eigenvalue weighted by molar-refractivity contribution is 4.90. The molecule has 0 aliphatic carbocycles. The van der Waals surface area contributed by atoms with Crippen LogP contribution in [0.5, 0.6) is 0 Å². The highest BCUT2D eigenvalue weighted by Crippen LogP contribution is 2.20. The summed E-state index contributed by atoms with van der Waals surface area (Å²) in [5.74, 6) is 5.71. The molecule has 13 heavy (non-hydrogen) atoms. The second-order valence-electron chi connectivity index (χ2n) is 3.28. The Balaban J connectivity index is 2.14. The summed E-state index contributed by atoms with van der Waals surface area (Å²) in [6.45, 7) is 1.56. The fraction of sp³-hybridized carbons (Fsp3) is 0.625. The molecule has 2 N–H and O–H groups in total. The van der Waals surface area contributed by atoms with Gasteiger partial charge in [0.05, 0.1) is 12.1 Å². The van der Waals surface area contributed by atoms with Crippen LogP contribution in [0.1, 0.15) is 6.04 Å². The van der Waals surface area contributed by atoms with Gasteiger partial charge in [-0.15, -0.1) is 0 Å². The molecule has 0 bridgehead atoms. The summed E-state index contributed by atoms with van der Waals surface area (Å²) in [4.78, 5) is 0. The Morgan fingerprint density at radius 1 is 1.54 bits per heavy atom. The van der Waals surface area contributed by atoms with Gasteiger partial charge in [0.15, 0.2) is 0 Å². The van der Waals surface area contributed by atoms with Crippen molar-refractivity contribution in [2.45, 2.75) is 12.1 Å². The van der Waals surface area contributed by atoms with Crippen molar-refractivity contribution in [2.24, 2.45) is 5.84 Å². The Morgan fingerprint density at radius 3 is 3.00 bits per heavy atom. The second-order valence-corrected chi connectivity index (χ2v) is 3.28. The first-order chi connectivity index (χ1) is 6.31. The van der Waals surface area contributed by atoms with Crippen LogP contribution in [0, 0.1) is 0 Å². The zero-order chi connectivity index (χ0) is 9.26. The fourth-order valence-electron chi connectivity index (χ4n) is 1.75. The van der Waals surface area contributed by atoms with Gasteiger partial charge in [0.25, 0.3) is 0 Å². The van der Waals surface area contributed by atoms with E-state index >= 15 is 0 Å². The van der Waals surface area contributed by atoms with Crippen LogP contribution in [-0.4, -0.2) is 41.1 Å². The normalized spacial score (nSPS) is 29.7. The maximum absolute atomic E-state index is 5.71. The van der Waals surface area contributed by atoms with E-state index in [1.807, 2.05) is 16.9 Å². The number of nitrogens with zero attached hydrogens (tertiary/aromatic N) is 3. The lowest BCUT2D eigenvalue weighted by molar-refractivity contribution is 0.0782. The lowest BCUT2D eigenvalue weighted by Gasteiger charge is -2.16. The Labute approximate surface area is 77.0 Å². The minimum absolute atomic E-state index is 0.143. The molecule has 1 saturated heterocycles. The number of rotatable bonds is 2. The molecule has 2 atom stereocenters.